The average molecular weight is 248 g/mol. The Hall–Kier alpha value is -1.24. The topological polar surface area (TPSA) is 95.5 Å². The normalized spacial score (nSPS) is 11.6. The Balaban J connectivity index is 3.51. The van der Waals surface area contributed by atoms with Crippen LogP contribution in [0.1, 0.15) is 13.3 Å². The van der Waals surface area contributed by atoms with Gasteiger partial charge in [-0.25, -0.2) is 4.79 Å². The Bertz CT molecular complexity index is 248. The first-order valence-electron chi connectivity index (χ1n) is 4.82. The lowest BCUT2D eigenvalue weighted by atomic mass is 10.2. The molecule has 0 radical (unpaired) electrons. The zero-order valence-electron chi connectivity index (χ0n) is 9.06. The number of aliphatic carboxylic acids is 1. The minimum atomic E-state index is -1.03. The van der Waals surface area contributed by atoms with Crippen LogP contribution in [0.25, 0.3) is 0 Å². The lowest BCUT2D eigenvalue weighted by Gasteiger charge is -2.10. The molecule has 0 heterocycles. The van der Waals surface area contributed by atoms with Crippen LogP contribution in [0.15, 0.2) is 0 Å². The van der Waals surface area contributed by atoms with Crippen LogP contribution >= 0.6 is 11.8 Å². The number of carboxylic acid groups (broad SMARTS) is 1. The molecule has 16 heavy (non-hydrogen) atoms. The van der Waals surface area contributed by atoms with Crippen LogP contribution in [0.5, 0.6) is 0 Å². The lowest BCUT2D eigenvalue weighted by Crippen LogP contribution is -2.36. The number of rotatable bonds is 9. The van der Waals surface area contributed by atoms with Gasteiger partial charge in [0.25, 0.3) is 0 Å². The van der Waals surface area contributed by atoms with Crippen molar-refractivity contribution in [3.8, 4) is 0 Å². The fourth-order valence-corrected chi connectivity index (χ4v) is 1.82. The molecule has 0 aromatic heterocycles. The summed E-state index contributed by atoms with van der Waals surface area (Å²) in [4.78, 5) is 31.2. The highest BCUT2D eigenvalue weighted by Gasteiger charge is 2.14. The Labute approximate surface area is 98.2 Å². The molecule has 3 N–H and O–H groups in total. The molecule has 0 aliphatic heterocycles. The number of hydrogen-bond acceptors (Lipinski definition) is 4. The summed E-state index contributed by atoms with van der Waals surface area (Å²) in [6.07, 6.45) is 0.763. The van der Waals surface area contributed by atoms with E-state index in [4.69, 9.17) is 5.11 Å². The van der Waals surface area contributed by atoms with Gasteiger partial charge in [-0.15, -0.1) is 0 Å². The fraction of sp³-hybridized carbons (Fsp3) is 0.667. The molecule has 1 atom stereocenters. The van der Waals surface area contributed by atoms with Gasteiger partial charge in [0.15, 0.2) is 0 Å². The molecule has 0 rings (SSSR count). The monoisotopic (exact) mass is 248 g/mol. The SMILES string of the molecule is CC(=O)NCCSCCC(NC=O)C(=O)O. The predicted octanol–water partition coefficient (Wildman–Crippen LogP) is -0.555. The molecular formula is C9H16N2O4S. The van der Waals surface area contributed by atoms with Crippen molar-refractivity contribution in [3.05, 3.63) is 0 Å². The number of thioether (sulfide) groups is 1. The van der Waals surface area contributed by atoms with Crippen LogP contribution in [-0.4, -0.2) is 47.5 Å². The summed E-state index contributed by atoms with van der Waals surface area (Å²) in [7, 11) is 0. The van der Waals surface area contributed by atoms with Gasteiger partial charge in [0, 0.05) is 19.2 Å². The van der Waals surface area contributed by atoms with Crippen LogP contribution in [-0.2, 0) is 14.4 Å². The highest BCUT2D eigenvalue weighted by Crippen LogP contribution is 2.04. The molecule has 0 aromatic carbocycles. The molecule has 0 bridgehead atoms. The lowest BCUT2D eigenvalue weighted by molar-refractivity contribution is -0.140. The maximum atomic E-state index is 10.6. The Kier molecular flexibility index (Phi) is 8.32. The quantitative estimate of drug-likeness (QED) is 0.376. The van der Waals surface area contributed by atoms with Gasteiger partial charge in [0.2, 0.25) is 12.3 Å². The molecule has 6 nitrogen and oxygen atoms in total. The largest absolute Gasteiger partial charge is 0.480 e. The maximum absolute atomic E-state index is 10.6. The molecule has 0 aliphatic carbocycles. The molecule has 0 aromatic rings. The van der Waals surface area contributed by atoms with Gasteiger partial charge < -0.3 is 15.7 Å². The van der Waals surface area contributed by atoms with Crippen molar-refractivity contribution in [3.63, 3.8) is 0 Å². The second kappa shape index (κ2) is 9.02. The van der Waals surface area contributed by atoms with Gasteiger partial charge >= 0.3 is 5.97 Å². The molecule has 0 fully saturated rings. The molecular weight excluding hydrogens is 232 g/mol. The van der Waals surface area contributed by atoms with Crippen molar-refractivity contribution in [1.82, 2.24) is 10.6 Å². The molecule has 0 aliphatic rings. The van der Waals surface area contributed by atoms with Gasteiger partial charge in [-0.05, 0) is 12.2 Å². The van der Waals surface area contributed by atoms with E-state index in [1.165, 1.54) is 18.7 Å². The van der Waals surface area contributed by atoms with E-state index >= 15 is 0 Å². The third-order valence-electron chi connectivity index (χ3n) is 1.74. The molecule has 2 amide bonds. The van der Waals surface area contributed by atoms with E-state index < -0.39 is 12.0 Å². The Morgan fingerprint density at radius 1 is 1.44 bits per heavy atom. The number of carboxylic acids is 1. The number of carbonyl (C=O) groups is 3. The van der Waals surface area contributed by atoms with Crippen LogP contribution in [0, 0.1) is 0 Å². The zero-order valence-corrected chi connectivity index (χ0v) is 9.88. The average Bonchev–Trinajstić information content (AvgIpc) is 2.20. The van der Waals surface area contributed by atoms with Crippen molar-refractivity contribution in [2.45, 2.75) is 19.4 Å². The van der Waals surface area contributed by atoms with Crippen molar-refractivity contribution in [2.75, 3.05) is 18.1 Å². The molecule has 0 spiro atoms. The standard InChI is InChI=1S/C9H16N2O4S/c1-7(13)10-3-5-16-4-2-8(9(14)15)11-6-12/h6,8H,2-5H2,1H3,(H,10,13)(H,11,12)(H,14,15). The van der Waals surface area contributed by atoms with Crippen LogP contribution in [0.3, 0.4) is 0 Å². The van der Waals surface area contributed by atoms with Crippen molar-refractivity contribution in [2.24, 2.45) is 0 Å². The Morgan fingerprint density at radius 2 is 2.12 bits per heavy atom. The number of hydrogen-bond donors (Lipinski definition) is 3. The van der Waals surface area contributed by atoms with Crippen molar-refractivity contribution in [1.29, 1.82) is 0 Å². The maximum Gasteiger partial charge on any atom is 0.326 e. The highest BCUT2D eigenvalue weighted by atomic mass is 32.2. The summed E-state index contributed by atoms with van der Waals surface area (Å²) in [5, 5.41) is 13.6. The summed E-state index contributed by atoms with van der Waals surface area (Å²) >= 11 is 1.53. The van der Waals surface area contributed by atoms with Gasteiger partial charge in [0.05, 0.1) is 0 Å². The molecule has 0 saturated carbocycles. The summed E-state index contributed by atoms with van der Waals surface area (Å²) in [5.74, 6) is 0.242. The fourth-order valence-electron chi connectivity index (χ4n) is 0.963. The summed E-state index contributed by atoms with van der Waals surface area (Å²) < 4.78 is 0. The third-order valence-corrected chi connectivity index (χ3v) is 2.76. The number of amides is 2. The minimum Gasteiger partial charge on any atom is -0.480 e. The van der Waals surface area contributed by atoms with E-state index in [1.807, 2.05) is 0 Å². The van der Waals surface area contributed by atoms with Gasteiger partial charge in [0.1, 0.15) is 6.04 Å². The van der Waals surface area contributed by atoms with Gasteiger partial charge in [-0.2, -0.15) is 11.8 Å². The van der Waals surface area contributed by atoms with Gasteiger partial charge in [-0.1, -0.05) is 0 Å². The van der Waals surface area contributed by atoms with Gasteiger partial charge in [-0.3, -0.25) is 9.59 Å². The number of nitrogens with one attached hydrogen (secondary N) is 2. The molecule has 1 unspecified atom stereocenters. The van der Waals surface area contributed by atoms with E-state index in [9.17, 15) is 14.4 Å². The predicted molar refractivity (Wildman–Crippen MR) is 61.2 cm³/mol. The van der Waals surface area contributed by atoms with Crippen molar-refractivity contribution >= 4 is 30.0 Å². The molecule has 0 saturated heterocycles. The molecule has 7 heteroatoms. The van der Waals surface area contributed by atoms with Crippen LogP contribution in [0.2, 0.25) is 0 Å². The zero-order chi connectivity index (χ0) is 12.4. The first kappa shape index (κ1) is 14.8. The first-order valence-corrected chi connectivity index (χ1v) is 5.98. The number of carbonyl (C=O) groups excluding carboxylic acids is 2. The van der Waals surface area contributed by atoms with E-state index in [2.05, 4.69) is 10.6 Å². The van der Waals surface area contributed by atoms with Crippen LogP contribution < -0.4 is 10.6 Å². The third kappa shape index (κ3) is 8.10. The van der Waals surface area contributed by atoms with Crippen LogP contribution in [0.4, 0.5) is 0 Å². The van der Waals surface area contributed by atoms with E-state index in [0.717, 1.165) is 5.75 Å². The Morgan fingerprint density at radius 3 is 2.62 bits per heavy atom. The second-order valence-electron chi connectivity index (χ2n) is 3.06. The minimum absolute atomic E-state index is 0.0772. The second-order valence-corrected chi connectivity index (χ2v) is 4.28. The summed E-state index contributed by atoms with van der Waals surface area (Å²) in [5.41, 5.74) is 0. The van der Waals surface area contributed by atoms with E-state index in [-0.39, 0.29) is 5.91 Å². The van der Waals surface area contributed by atoms with E-state index in [1.54, 1.807) is 0 Å². The van der Waals surface area contributed by atoms with E-state index in [0.29, 0.717) is 25.1 Å². The summed E-state index contributed by atoms with van der Waals surface area (Å²) in [6.45, 7) is 2.01. The first-order chi connectivity index (χ1) is 7.57. The highest BCUT2D eigenvalue weighted by molar-refractivity contribution is 7.99. The molecule has 92 valence electrons. The summed E-state index contributed by atoms with van der Waals surface area (Å²) in [6, 6.07) is -0.828. The van der Waals surface area contributed by atoms with Crippen molar-refractivity contribution < 1.29 is 19.5 Å². The smallest absolute Gasteiger partial charge is 0.326 e.